The SMILES string of the molecule is CC1(C(=O)Nc2ccc(-n3nc(C(F)(F)F)cc3C(F)(F)F)cc2)CC1(Cl)Cl. The molecule has 1 aromatic carbocycles. The van der Waals surface area contributed by atoms with Gasteiger partial charge in [-0.15, -0.1) is 23.2 Å². The van der Waals surface area contributed by atoms with E-state index in [1.165, 1.54) is 12.1 Å². The fraction of sp³-hybridized carbons (Fsp3) is 0.375. The predicted molar refractivity (Wildman–Crippen MR) is 89.4 cm³/mol. The third-order valence-electron chi connectivity index (χ3n) is 4.42. The van der Waals surface area contributed by atoms with Gasteiger partial charge in [0.15, 0.2) is 5.69 Å². The number of alkyl halides is 8. The highest BCUT2D eigenvalue weighted by Crippen LogP contribution is 2.64. The standard InChI is InChI=1S/C16H11Cl2F6N3O/c1-13(7-14(13,17)18)12(28)25-8-2-4-9(5-3-8)27-11(16(22,23)24)6-10(26-27)15(19,20)21/h2-6H,7H2,1H3,(H,25,28). The number of halogens is 8. The van der Waals surface area contributed by atoms with E-state index in [0.717, 1.165) is 12.1 Å². The minimum absolute atomic E-state index is 0.0653. The third-order valence-corrected chi connectivity index (χ3v) is 5.52. The summed E-state index contributed by atoms with van der Waals surface area (Å²) in [6.45, 7) is 1.55. The van der Waals surface area contributed by atoms with Gasteiger partial charge in [0.1, 0.15) is 10.0 Å². The van der Waals surface area contributed by atoms with Gasteiger partial charge in [-0.2, -0.15) is 31.4 Å². The van der Waals surface area contributed by atoms with Gasteiger partial charge in [-0.3, -0.25) is 4.79 Å². The fourth-order valence-corrected chi connectivity index (χ4v) is 3.23. The van der Waals surface area contributed by atoms with E-state index in [-0.39, 0.29) is 28.5 Å². The number of carbonyl (C=O) groups excluding carboxylic acids is 1. The van der Waals surface area contributed by atoms with E-state index in [0.29, 0.717) is 0 Å². The van der Waals surface area contributed by atoms with Gasteiger partial charge < -0.3 is 5.32 Å². The Hall–Kier alpha value is -1.94. The molecule has 0 saturated heterocycles. The van der Waals surface area contributed by atoms with Crippen molar-refractivity contribution in [3.05, 3.63) is 41.7 Å². The van der Waals surface area contributed by atoms with Gasteiger partial charge in [0.05, 0.1) is 11.1 Å². The number of rotatable bonds is 3. The van der Waals surface area contributed by atoms with Crippen molar-refractivity contribution in [1.29, 1.82) is 0 Å². The van der Waals surface area contributed by atoms with Crippen LogP contribution in [0, 0.1) is 5.41 Å². The van der Waals surface area contributed by atoms with Crippen LogP contribution in [0.1, 0.15) is 24.7 Å². The molecule has 1 unspecified atom stereocenters. The summed E-state index contributed by atoms with van der Waals surface area (Å²) in [6.07, 6.45) is -9.85. The highest BCUT2D eigenvalue weighted by molar-refractivity contribution is 6.53. The molecule has 1 aliphatic rings. The van der Waals surface area contributed by atoms with E-state index in [1.807, 2.05) is 0 Å². The molecule has 12 heteroatoms. The van der Waals surface area contributed by atoms with Crippen molar-refractivity contribution in [3.63, 3.8) is 0 Å². The molecule has 152 valence electrons. The predicted octanol–water partition coefficient (Wildman–Crippen LogP) is 5.43. The van der Waals surface area contributed by atoms with Crippen LogP contribution in [0.5, 0.6) is 0 Å². The summed E-state index contributed by atoms with van der Waals surface area (Å²) in [5, 5.41) is 5.54. The summed E-state index contributed by atoms with van der Waals surface area (Å²) in [4.78, 5) is 12.2. The Kier molecular flexibility index (Phi) is 4.66. The molecule has 1 atom stereocenters. The lowest BCUT2D eigenvalue weighted by Gasteiger charge is -2.14. The second-order valence-electron chi connectivity index (χ2n) is 6.54. The maximum atomic E-state index is 13.1. The van der Waals surface area contributed by atoms with E-state index in [1.54, 1.807) is 6.92 Å². The molecule has 1 heterocycles. The van der Waals surface area contributed by atoms with Crippen LogP contribution in [0.2, 0.25) is 0 Å². The second kappa shape index (κ2) is 6.28. The first kappa shape index (κ1) is 20.8. The Bertz CT molecular complexity index is 920. The fourth-order valence-electron chi connectivity index (χ4n) is 2.52. The number of nitrogens with zero attached hydrogens (tertiary/aromatic N) is 2. The van der Waals surface area contributed by atoms with Crippen molar-refractivity contribution < 1.29 is 31.1 Å². The van der Waals surface area contributed by atoms with Gasteiger partial charge in [0.2, 0.25) is 5.91 Å². The Labute approximate surface area is 164 Å². The van der Waals surface area contributed by atoms with Crippen molar-refractivity contribution in [3.8, 4) is 5.69 Å². The van der Waals surface area contributed by atoms with E-state index < -0.39 is 39.4 Å². The maximum absolute atomic E-state index is 13.1. The van der Waals surface area contributed by atoms with Crippen LogP contribution in [0.25, 0.3) is 5.69 Å². The molecule has 1 aromatic heterocycles. The first-order chi connectivity index (χ1) is 12.6. The van der Waals surface area contributed by atoms with Crippen LogP contribution < -0.4 is 5.32 Å². The third kappa shape index (κ3) is 3.67. The number of hydrogen-bond acceptors (Lipinski definition) is 2. The van der Waals surface area contributed by atoms with Gasteiger partial charge >= 0.3 is 12.4 Å². The molecular formula is C16H11Cl2F6N3O. The Balaban J connectivity index is 1.88. The Morgan fingerprint density at radius 3 is 2.07 bits per heavy atom. The Morgan fingerprint density at radius 1 is 1.11 bits per heavy atom. The number of hydrogen-bond donors (Lipinski definition) is 1. The van der Waals surface area contributed by atoms with Gasteiger partial charge in [-0.1, -0.05) is 0 Å². The molecule has 1 N–H and O–H groups in total. The van der Waals surface area contributed by atoms with Crippen LogP contribution in [0.15, 0.2) is 30.3 Å². The normalized spacial score (nSPS) is 21.5. The zero-order chi connectivity index (χ0) is 21.1. The molecule has 2 aromatic rings. The van der Waals surface area contributed by atoms with Crippen molar-refractivity contribution in [2.75, 3.05) is 5.32 Å². The monoisotopic (exact) mass is 445 g/mol. The first-order valence-electron chi connectivity index (χ1n) is 7.69. The molecule has 0 spiro atoms. The number of aromatic nitrogens is 2. The molecule has 28 heavy (non-hydrogen) atoms. The molecule has 1 saturated carbocycles. The minimum Gasteiger partial charge on any atom is -0.326 e. The Morgan fingerprint density at radius 2 is 1.64 bits per heavy atom. The quantitative estimate of drug-likeness (QED) is 0.505. The van der Waals surface area contributed by atoms with Crippen LogP contribution >= 0.6 is 23.2 Å². The number of carbonyl (C=O) groups is 1. The van der Waals surface area contributed by atoms with Crippen molar-refractivity contribution >= 4 is 34.8 Å². The molecule has 1 amide bonds. The highest BCUT2D eigenvalue weighted by atomic mass is 35.5. The van der Waals surface area contributed by atoms with Gasteiger partial charge in [0.25, 0.3) is 0 Å². The van der Waals surface area contributed by atoms with E-state index in [9.17, 15) is 31.1 Å². The van der Waals surface area contributed by atoms with Crippen molar-refractivity contribution in [2.45, 2.75) is 30.0 Å². The highest BCUT2D eigenvalue weighted by Gasteiger charge is 2.67. The summed E-state index contributed by atoms with van der Waals surface area (Å²) in [5.41, 5.74) is -4.30. The molecule has 4 nitrogen and oxygen atoms in total. The molecular weight excluding hydrogens is 435 g/mol. The van der Waals surface area contributed by atoms with Crippen LogP contribution in [0.4, 0.5) is 32.0 Å². The average molecular weight is 446 g/mol. The summed E-state index contributed by atoms with van der Waals surface area (Å²) in [7, 11) is 0. The summed E-state index contributed by atoms with van der Waals surface area (Å²) in [6, 6.07) is 4.60. The lowest BCUT2D eigenvalue weighted by Crippen LogP contribution is -2.25. The summed E-state index contributed by atoms with van der Waals surface area (Å²) in [5.74, 6) is -0.486. The first-order valence-corrected chi connectivity index (χ1v) is 8.45. The lowest BCUT2D eigenvalue weighted by molar-refractivity contribution is -0.143. The van der Waals surface area contributed by atoms with Crippen molar-refractivity contribution in [1.82, 2.24) is 9.78 Å². The zero-order valence-electron chi connectivity index (χ0n) is 13.9. The van der Waals surface area contributed by atoms with Crippen molar-refractivity contribution in [2.24, 2.45) is 5.41 Å². The number of anilines is 1. The largest absolute Gasteiger partial charge is 0.435 e. The van der Waals surface area contributed by atoms with E-state index >= 15 is 0 Å². The summed E-state index contributed by atoms with van der Waals surface area (Å²) >= 11 is 11.8. The molecule has 1 fully saturated rings. The smallest absolute Gasteiger partial charge is 0.326 e. The zero-order valence-corrected chi connectivity index (χ0v) is 15.4. The average Bonchev–Trinajstić information content (AvgIpc) is 2.92. The summed E-state index contributed by atoms with van der Waals surface area (Å²) < 4.78 is 76.5. The van der Waals surface area contributed by atoms with Gasteiger partial charge in [0, 0.05) is 11.8 Å². The van der Waals surface area contributed by atoms with E-state index in [2.05, 4.69) is 10.4 Å². The van der Waals surface area contributed by atoms with Gasteiger partial charge in [-0.05, 0) is 37.6 Å². The molecule has 3 rings (SSSR count). The van der Waals surface area contributed by atoms with Crippen LogP contribution in [-0.4, -0.2) is 20.0 Å². The molecule has 0 radical (unpaired) electrons. The number of amides is 1. The second-order valence-corrected chi connectivity index (χ2v) is 8.02. The number of benzene rings is 1. The molecule has 0 aliphatic heterocycles. The lowest BCUT2D eigenvalue weighted by atomic mass is 10.1. The minimum atomic E-state index is -5.05. The molecule has 1 aliphatic carbocycles. The van der Waals surface area contributed by atoms with Crippen LogP contribution in [-0.2, 0) is 17.1 Å². The van der Waals surface area contributed by atoms with Gasteiger partial charge in [-0.25, -0.2) is 4.68 Å². The van der Waals surface area contributed by atoms with E-state index in [4.69, 9.17) is 23.2 Å². The maximum Gasteiger partial charge on any atom is 0.435 e. The molecule has 0 bridgehead atoms. The topological polar surface area (TPSA) is 46.9 Å². The van der Waals surface area contributed by atoms with Crippen LogP contribution in [0.3, 0.4) is 0 Å². The number of nitrogens with one attached hydrogen (secondary N) is 1.